The Morgan fingerprint density at radius 3 is 3.05 bits per heavy atom. The minimum atomic E-state index is -0.0881. The van der Waals surface area contributed by atoms with E-state index in [2.05, 4.69) is 9.88 Å². The van der Waals surface area contributed by atoms with Gasteiger partial charge in [-0.05, 0) is 44.5 Å². The van der Waals surface area contributed by atoms with Gasteiger partial charge in [-0.25, -0.2) is 4.98 Å². The molecule has 0 radical (unpaired) electrons. The van der Waals surface area contributed by atoms with E-state index in [9.17, 15) is 4.79 Å². The van der Waals surface area contributed by atoms with Crippen LogP contribution in [0.3, 0.4) is 0 Å². The maximum Gasteiger partial charge on any atom is 0.258 e. The van der Waals surface area contributed by atoms with Crippen LogP contribution in [0.25, 0.3) is 5.65 Å². The first-order valence-electron chi connectivity index (χ1n) is 7.79. The van der Waals surface area contributed by atoms with Crippen molar-refractivity contribution in [2.24, 2.45) is 5.73 Å². The van der Waals surface area contributed by atoms with Crippen LogP contribution in [0, 0.1) is 0 Å². The first kappa shape index (κ1) is 15.5. The molecular weight excluding hydrogens is 300 g/mol. The largest absolute Gasteiger partial charge is 0.330 e. The normalized spacial score (nSPS) is 19.6. The maximum atomic E-state index is 12.2. The van der Waals surface area contributed by atoms with E-state index in [1.165, 1.54) is 23.7 Å². The molecule has 6 heteroatoms. The lowest BCUT2D eigenvalue weighted by atomic mass is 9.99. The van der Waals surface area contributed by atoms with Crippen LogP contribution in [0.5, 0.6) is 0 Å². The van der Waals surface area contributed by atoms with Crippen LogP contribution in [0.2, 0.25) is 5.02 Å². The van der Waals surface area contributed by atoms with Crippen molar-refractivity contribution in [3.63, 3.8) is 0 Å². The molecule has 0 aromatic carbocycles. The van der Waals surface area contributed by atoms with Gasteiger partial charge in [-0.2, -0.15) is 0 Å². The fourth-order valence-corrected chi connectivity index (χ4v) is 3.36. The first-order valence-corrected chi connectivity index (χ1v) is 8.17. The number of nitrogens with two attached hydrogens (primary N) is 1. The zero-order valence-corrected chi connectivity index (χ0v) is 13.3. The zero-order chi connectivity index (χ0) is 15.5. The molecule has 0 aliphatic carbocycles. The van der Waals surface area contributed by atoms with Crippen LogP contribution in [-0.4, -0.2) is 33.4 Å². The zero-order valence-electron chi connectivity index (χ0n) is 12.5. The Hall–Kier alpha value is -1.43. The van der Waals surface area contributed by atoms with Gasteiger partial charge in [0.25, 0.3) is 5.56 Å². The summed E-state index contributed by atoms with van der Waals surface area (Å²) in [6.07, 6.45) is 6.24. The maximum absolute atomic E-state index is 12.2. The molecule has 3 heterocycles. The lowest BCUT2D eigenvalue weighted by molar-refractivity contribution is 0.132. The molecule has 0 saturated carbocycles. The lowest BCUT2D eigenvalue weighted by Crippen LogP contribution is -2.40. The molecule has 22 heavy (non-hydrogen) atoms. The van der Waals surface area contributed by atoms with E-state index in [-0.39, 0.29) is 5.56 Å². The van der Waals surface area contributed by atoms with Crippen molar-refractivity contribution in [2.75, 3.05) is 13.1 Å². The Bertz CT molecular complexity index is 713. The van der Waals surface area contributed by atoms with Gasteiger partial charge in [0, 0.05) is 24.8 Å². The number of nitrogens with zero attached hydrogens (tertiary/aromatic N) is 3. The van der Waals surface area contributed by atoms with Crippen LogP contribution in [-0.2, 0) is 6.54 Å². The number of piperidine rings is 1. The van der Waals surface area contributed by atoms with Gasteiger partial charge in [0.2, 0.25) is 0 Å². The van der Waals surface area contributed by atoms with Crippen molar-refractivity contribution < 1.29 is 0 Å². The summed E-state index contributed by atoms with van der Waals surface area (Å²) in [5.41, 5.74) is 7.09. The molecular formula is C16H21ClN4O. The van der Waals surface area contributed by atoms with Crippen molar-refractivity contribution in [3.8, 4) is 0 Å². The summed E-state index contributed by atoms with van der Waals surface area (Å²) in [4.78, 5) is 19.2. The molecule has 1 saturated heterocycles. The number of hydrogen-bond donors (Lipinski definition) is 1. The first-order chi connectivity index (χ1) is 10.7. The Morgan fingerprint density at radius 1 is 1.36 bits per heavy atom. The molecule has 1 aliphatic heterocycles. The SMILES string of the molecule is NCCC1CCCCN1Cc1cc(=O)n2cc(Cl)ccc2n1. The number of pyridine rings is 1. The fourth-order valence-electron chi connectivity index (χ4n) is 3.20. The van der Waals surface area contributed by atoms with E-state index < -0.39 is 0 Å². The number of rotatable bonds is 4. The van der Waals surface area contributed by atoms with Gasteiger partial charge < -0.3 is 5.73 Å². The molecule has 5 nitrogen and oxygen atoms in total. The number of aromatic nitrogens is 2. The molecule has 0 bridgehead atoms. The van der Waals surface area contributed by atoms with Gasteiger partial charge >= 0.3 is 0 Å². The molecule has 1 aliphatic rings. The predicted octanol–water partition coefficient (Wildman–Crippen LogP) is 2.05. The van der Waals surface area contributed by atoms with Crippen molar-refractivity contribution >= 4 is 17.2 Å². The molecule has 0 amide bonds. The average molecular weight is 321 g/mol. The highest BCUT2D eigenvalue weighted by atomic mass is 35.5. The minimum Gasteiger partial charge on any atom is -0.330 e. The monoisotopic (exact) mass is 320 g/mol. The smallest absolute Gasteiger partial charge is 0.258 e. The summed E-state index contributed by atoms with van der Waals surface area (Å²) in [7, 11) is 0. The molecule has 2 aromatic rings. The van der Waals surface area contributed by atoms with Crippen molar-refractivity contribution in [1.82, 2.24) is 14.3 Å². The van der Waals surface area contributed by atoms with Crippen LogP contribution in [0.15, 0.2) is 29.2 Å². The molecule has 2 aromatic heterocycles. The van der Waals surface area contributed by atoms with E-state index in [0.29, 0.717) is 29.8 Å². The van der Waals surface area contributed by atoms with Gasteiger partial charge in [-0.1, -0.05) is 18.0 Å². The second-order valence-corrected chi connectivity index (χ2v) is 6.30. The number of likely N-dealkylation sites (tertiary alicyclic amines) is 1. The summed E-state index contributed by atoms with van der Waals surface area (Å²) in [5, 5.41) is 0.531. The average Bonchev–Trinajstić information content (AvgIpc) is 2.50. The van der Waals surface area contributed by atoms with Crippen molar-refractivity contribution in [3.05, 3.63) is 45.5 Å². The summed E-state index contributed by atoms with van der Waals surface area (Å²) in [6, 6.07) is 5.65. The third kappa shape index (κ3) is 3.32. The predicted molar refractivity (Wildman–Crippen MR) is 88.2 cm³/mol. The summed E-state index contributed by atoms with van der Waals surface area (Å²) >= 11 is 5.93. The minimum absolute atomic E-state index is 0.0881. The summed E-state index contributed by atoms with van der Waals surface area (Å²) in [5.74, 6) is 0. The number of halogens is 1. The van der Waals surface area contributed by atoms with Gasteiger partial charge in [0.1, 0.15) is 5.65 Å². The molecule has 1 fully saturated rings. The summed E-state index contributed by atoms with van der Waals surface area (Å²) < 4.78 is 1.49. The molecule has 3 rings (SSSR count). The highest BCUT2D eigenvalue weighted by Gasteiger charge is 2.22. The van der Waals surface area contributed by atoms with Crippen LogP contribution >= 0.6 is 11.6 Å². The Labute approximate surface area is 134 Å². The molecule has 1 atom stereocenters. The van der Waals surface area contributed by atoms with Gasteiger partial charge in [-0.15, -0.1) is 0 Å². The molecule has 0 spiro atoms. The van der Waals surface area contributed by atoms with E-state index in [0.717, 1.165) is 18.7 Å². The molecule has 2 N–H and O–H groups in total. The van der Waals surface area contributed by atoms with E-state index in [4.69, 9.17) is 17.3 Å². The van der Waals surface area contributed by atoms with Gasteiger partial charge in [-0.3, -0.25) is 14.1 Å². The molecule has 118 valence electrons. The van der Waals surface area contributed by atoms with E-state index >= 15 is 0 Å². The number of fused-ring (bicyclic) bond motifs is 1. The highest BCUT2D eigenvalue weighted by Crippen LogP contribution is 2.21. The van der Waals surface area contributed by atoms with Crippen molar-refractivity contribution in [1.29, 1.82) is 0 Å². The topological polar surface area (TPSA) is 63.6 Å². The quantitative estimate of drug-likeness (QED) is 0.936. The van der Waals surface area contributed by atoms with E-state index in [1.807, 2.05) is 0 Å². The third-order valence-corrected chi connectivity index (χ3v) is 4.51. The van der Waals surface area contributed by atoms with Crippen molar-refractivity contribution in [2.45, 2.75) is 38.3 Å². The van der Waals surface area contributed by atoms with Gasteiger partial charge in [0.15, 0.2) is 0 Å². The Kier molecular flexibility index (Phi) is 4.76. The third-order valence-electron chi connectivity index (χ3n) is 4.29. The Morgan fingerprint density at radius 2 is 2.23 bits per heavy atom. The van der Waals surface area contributed by atoms with Crippen LogP contribution in [0.1, 0.15) is 31.4 Å². The number of hydrogen-bond acceptors (Lipinski definition) is 4. The van der Waals surface area contributed by atoms with Gasteiger partial charge in [0.05, 0.1) is 10.7 Å². The second-order valence-electron chi connectivity index (χ2n) is 5.86. The second kappa shape index (κ2) is 6.77. The van der Waals surface area contributed by atoms with Crippen LogP contribution in [0.4, 0.5) is 0 Å². The summed E-state index contributed by atoms with van der Waals surface area (Å²) in [6.45, 7) is 2.46. The van der Waals surface area contributed by atoms with E-state index in [1.54, 1.807) is 24.4 Å². The molecule has 1 unspecified atom stereocenters. The van der Waals surface area contributed by atoms with Crippen LogP contribution < -0.4 is 11.3 Å². The standard InChI is InChI=1S/C16H21ClN4O/c17-12-4-5-15-19-13(9-16(22)21(15)10-12)11-20-8-2-1-3-14(20)6-7-18/h4-5,9-10,14H,1-3,6-8,11,18H2. The highest BCUT2D eigenvalue weighted by molar-refractivity contribution is 6.30. The Balaban J connectivity index is 1.87. The fraction of sp³-hybridized carbons (Fsp3) is 0.500. The lowest BCUT2D eigenvalue weighted by Gasteiger charge is -2.35.